The maximum atomic E-state index is 13.3. The first-order chi connectivity index (χ1) is 14.1. The van der Waals surface area contributed by atoms with Crippen LogP contribution in [0.15, 0.2) is 84.6 Å². The number of rotatable bonds is 4. The molecule has 29 heavy (non-hydrogen) atoms. The van der Waals surface area contributed by atoms with Crippen LogP contribution >= 0.6 is 0 Å². The smallest absolute Gasteiger partial charge is 0.336 e. The Morgan fingerprint density at radius 1 is 0.931 bits per heavy atom. The van der Waals surface area contributed by atoms with E-state index < -0.39 is 11.8 Å². The highest BCUT2D eigenvalue weighted by atomic mass is 19.1. The summed E-state index contributed by atoms with van der Waals surface area (Å²) >= 11 is 0. The van der Waals surface area contributed by atoms with Gasteiger partial charge < -0.3 is 9.47 Å². The van der Waals surface area contributed by atoms with Gasteiger partial charge in [-0.2, -0.15) is 0 Å². The third-order valence-electron chi connectivity index (χ3n) is 4.22. The van der Waals surface area contributed by atoms with E-state index in [1.54, 1.807) is 18.2 Å². The topological polar surface area (TPSA) is 52.6 Å². The normalized spacial score (nSPS) is 14.1. The summed E-state index contributed by atoms with van der Waals surface area (Å²) in [4.78, 5) is 24.5. The molecule has 0 saturated carbocycles. The lowest BCUT2D eigenvalue weighted by atomic mass is 10.1. The van der Waals surface area contributed by atoms with Gasteiger partial charge in [0.15, 0.2) is 5.76 Å². The van der Waals surface area contributed by atoms with E-state index in [0.717, 1.165) is 5.56 Å². The second kappa shape index (κ2) is 7.94. The van der Waals surface area contributed by atoms with Crippen molar-refractivity contribution < 1.29 is 23.5 Å². The van der Waals surface area contributed by atoms with Gasteiger partial charge in [-0.05, 0) is 47.5 Å². The van der Waals surface area contributed by atoms with Crippen LogP contribution in [0.3, 0.4) is 0 Å². The van der Waals surface area contributed by atoms with Crippen molar-refractivity contribution in [1.82, 2.24) is 0 Å². The molecule has 0 unspecified atom stereocenters. The van der Waals surface area contributed by atoms with Crippen molar-refractivity contribution in [2.45, 2.75) is 0 Å². The molecule has 4 nitrogen and oxygen atoms in total. The van der Waals surface area contributed by atoms with Crippen LogP contribution < -0.4 is 9.47 Å². The Bertz CT molecular complexity index is 1150. The Hall–Kier alpha value is -3.99. The summed E-state index contributed by atoms with van der Waals surface area (Å²) in [5.74, 6) is -0.640. The van der Waals surface area contributed by atoms with Crippen molar-refractivity contribution >= 4 is 23.9 Å². The number of Topliss-reactive ketones (excluding diaryl/α,β-unsaturated/α-hetero) is 1. The van der Waals surface area contributed by atoms with Crippen LogP contribution in [0, 0.1) is 5.82 Å². The lowest BCUT2D eigenvalue weighted by Gasteiger charge is -2.03. The average Bonchev–Trinajstić information content (AvgIpc) is 3.02. The Morgan fingerprint density at radius 3 is 2.52 bits per heavy atom. The number of esters is 1. The van der Waals surface area contributed by atoms with E-state index in [4.69, 9.17) is 9.47 Å². The van der Waals surface area contributed by atoms with E-state index in [9.17, 15) is 14.0 Å². The van der Waals surface area contributed by atoms with E-state index in [2.05, 4.69) is 0 Å². The zero-order valence-corrected chi connectivity index (χ0v) is 15.2. The first-order valence-electron chi connectivity index (χ1n) is 8.87. The molecular formula is C24H15FO4. The molecule has 0 aromatic heterocycles. The summed E-state index contributed by atoms with van der Waals surface area (Å²) in [6, 6.07) is 19.7. The molecule has 3 aromatic rings. The predicted octanol–water partition coefficient (Wildman–Crippen LogP) is 5.06. The van der Waals surface area contributed by atoms with Crippen LogP contribution in [0.5, 0.6) is 11.5 Å². The Balaban J connectivity index is 1.49. The first-order valence-corrected chi connectivity index (χ1v) is 8.87. The summed E-state index contributed by atoms with van der Waals surface area (Å²) in [6.07, 6.45) is 4.44. The molecular weight excluding hydrogens is 371 g/mol. The third kappa shape index (κ3) is 4.30. The quantitative estimate of drug-likeness (QED) is 0.357. The summed E-state index contributed by atoms with van der Waals surface area (Å²) in [5.41, 5.74) is 1.74. The van der Waals surface area contributed by atoms with E-state index in [0.29, 0.717) is 11.1 Å². The zero-order chi connectivity index (χ0) is 20.2. The van der Waals surface area contributed by atoms with E-state index in [1.807, 2.05) is 30.3 Å². The number of allylic oxidation sites excluding steroid dienone is 1. The molecule has 0 atom stereocenters. The molecule has 0 aliphatic carbocycles. The molecule has 1 aliphatic rings. The minimum absolute atomic E-state index is 0.0815. The molecule has 0 N–H and O–H groups in total. The minimum atomic E-state index is -0.548. The summed E-state index contributed by atoms with van der Waals surface area (Å²) < 4.78 is 24.2. The number of hydrogen-bond acceptors (Lipinski definition) is 4. The number of halogens is 1. The summed E-state index contributed by atoms with van der Waals surface area (Å²) in [7, 11) is 0. The fourth-order valence-corrected chi connectivity index (χ4v) is 2.86. The number of benzene rings is 3. The van der Waals surface area contributed by atoms with Crippen molar-refractivity contribution in [2.75, 3.05) is 0 Å². The Morgan fingerprint density at radius 2 is 1.72 bits per heavy atom. The summed E-state index contributed by atoms with van der Waals surface area (Å²) in [5, 5.41) is 0. The van der Waals surface area contributed by atoms with Gasteiger partial charge >= 0.3 is 5.97 Å². The van der Waals surface area contributed by atoms with Crippen LogP contribution in [0.4, 0.5) is 4.39 Å². The molecule has 3 aromatic carbocycles. The highest BCUT2D eigenvalue weighted by molar-refractivity contribution is 6.14. The van der Waals surface area contributed by atoms with Gasteiger partial charge in [0.1, 0.15) is 17.3 Å². The van der Waals surface area contributed by atoms with Gasteiger partial charge in [0, 0.05) is 12.1 Å². The van der Waals surface area contributed by atoms with Crippen molar-refractivity contribution in [3.63, 3.8) is 0 Å². The number of ether oxygens (including phenoxy) is 2. The standard InChI is InChI=1S/C24H15FO4/c25-18-8-4-7-17(13-18)14-22-24(27)20-11-10-19(15-21(20)29-22)28-23(26)12-9-16-5-2-1-3-6-16/h1-15H/b12-9+,22-14+. The van der Waals surface area contributed by atoms with Crippen molar-refractivity contribution in [1.29, 1.82) is 0 Å². The van der Waals surface area contributed by atoms with Crippen molar-refractivity contribution in [2.24, 2.45) is 0 Å². The number of ketones is 1. The number of fused-ring (bicyclic) bond motifs is 1. The first kappa shape index (κ1) is 18.4. The van der Waals surface area contributed by atoms with Crippen LogP contribution in [-0.2, 0) is 4.79 Å². The van der Waals surface area contributed by atoms with Crippen LogP contribution in [0.2, 0.25) is 0 Å². The van der Waals surface area contributed by atoms with Crippen molar-refractivity contribution in [3.05, 3.63) is 107 Å². The highest BCUT2D eigenvalue weighted by Gasteiger charge is 2.28. The molecule has 4 rings (SSSR count). The highest BCUT2D eigenvalue weighted by Crippen LogP contribution is 2.35. The van der Waals surface area contributed by atoms with Crippen LogP contribution in [0.25, 0.3) is 12.2 Å². The molecule has 5 heteroatoms. The van der Waals surface area contributed by atoms with Crippen LogP contribution in [0.1, 0.15) is 21.5 Å². The second-order valence-electron chi connectivity index (χ2n) is 6.32. The molecule has 1 aliphatic heterocycles. The zero-order valence-electron chi connectivity index (χ0n) is 15.2. The lowest BCUT2D eigenvalue weighted by Crippen LogP contribution is -2.03. The van der Waals surface area contributed by atoms with E-state index >= 15 is 0 Å². The third-order valence-corrected chi connectivity index (χ3v) is 4.22. The van der Waals surface area contributed by atoms with Gasteiger partial charge in [-0.3, -0.25) is 4.79 Å². The van der Waals surface area contributed by atoms with Crippen molar-refractivity contribution in [3.8, 4) is 11.5 Å². The molecule has 142 valence electrons. The monoisotopic (exact) mass is 386 g/mol. The number of carbonyl (C=O) groups excluding carboxylic acids is 2. The minimum Gasteiger partial charge on any atom is -0.452 e. The fourth-order valence-electron chi connectivity index (χ4n) is 2.86. The second-order valence-corrected chi connectivity index (χ2v) is 6.32. The Kier molecular flexibility index (Phi) is 5.03. The van der Waals surface area contributed by atoms with Gasteiger partial charge in [0.05, 0.1) is 5.56 Å². The van der Waals surface area contributed by atoms with Gasteiger partial charge in [-0.25, -0.2) is 9.18 Å². The fraction of sp³-hybridized carbons (Fsp3) is 0. The average molecular weight is 386 g/mol. The molecule has 1 heterocycles. The molecule has 0 amide bonds. The van der Waals surface area contributed by atoms with E-state index in [1.165, 1.54) is 42.5 Å². The van der Waals surface area contributed by atoms with Gasteiger partial charge in [-0.1, -0.05) is 42.5 Å². The predicted molar refractivity (Wildman–Crippen MR) is 107 cm³/mol. The molecule has 0 spiro atoms. The SMILES string of the molecule is O=C(/C=C/c1ccccc1)Oc1ccc2c(c1)O/C(=C/c1cccc(F)c1)C2=O. The molecule has 0 saturated heterocycles. The summed E-state index contributed by atoms with van der Waals surface area (Å²) in [6.45, 7) is 0. The van der Waals surface area contributed by atoms with E-state index in [-0.39, 0.29) is 23.0 Å². The lowest BCUT2D eigenvalue weighted by molar-refractivity contribution is -0.128. The molecule has 0 radical (unpaired) electrons. The number of carbonyl (C=O) groups is 2. The largest absolute Gasteiger partial charge is 0.452 e. The number of hydrogen-bond donors (Lipinski definition) is 0. The van der Waals surface area contributed by atoms with Gasteiger partial charge in [-0.15, -0.1) is 0 Å². The van der Waals surface area contributed by atoms with Crippen LogP contribution in [-0.4, -0.2) is 11.8 Å². The Labute approximate surface area is 166 Å². The maximum absolute atomic E-state index is 13.3. The van der Waals surface area contributed by atoms with Gasteiger partial charge in [0.2, 0.25) is 5.78 Å². The maximum Gasteiger partial charge on any atom is 0.336 e. The molecule has 0 fully saturated rings. The van der Waals surface area contributed by atoms with Gasteiger partial charge in [0.25, 0.3) is 0 Å². The molecule has 0 bridgehead atoms.